The first kappa shape index (κ1) is 22.7. The third-order valence-electron chi connectivity index (χ3n) is 5.82. The molecule has 0 spiro atoms. The largest absolute Gasteiger partial charge is 0.410 e. The second-order valence-corrected chi connectivity index (χ2v) is 9.27. The van der Waals surface area contributed by atoms with Gasteiger partial charge < -0.3 is 10.6 Å². The van der Waals surface area contributed by atoms with Gasteiger partial charge in [-0.1, -0.05) is 76.1 Å². The van der Waals surface area contributed by atoms with Crippen molar-refractivity contribution < 1.29 is 18.0 Å². The van der Waals surface area contributed by atoms with E-state index in [1.54, 1.807) is 36.4 Å². The van der Waals surface area contributed by atoms with Crippen LogP contribution >= 0.6 is 27.5 Å². The molecular formula is C24H17BrClF3N4O. The van der Waals surface area contributed by atoms with E-state index in [-0.39, 0.29) is 23.0 Å². The number of alkyl halides is 3. The molecule has 4 aromatic rings. The Hall–Kier alpha value is -3.04. The van der Waals surface area contributed by atoms with Crippen LogP contribution in [0.4, 0.5) is 24.7 Å². The minimum Gasteiger partial charge on any atom is -0.362 e. The van der Waals surface area contributed by atoms with E-state index in [0.717, 1.165) is 19.9 Å². The van der Waals surface area contributed by atoms with Crippen LogP contribution in [0.5, 0.6) is 0 Å². The summed E-state index contributed by atoms with van der Waals surface area (Å²) in [6.07, 6.45) is -4.87. The van der Waals surface area contributed by atoms with Crippen LogP contribution in [0.25, 0.3) is 10.8 Å². The maximum atomic E-state index is 14.0. The number of rotatable bonds is 3. The van der Waals surface area contributed by atoms with Gasteiger partial charge >= 0.3 is 6.18 Å². The Labute approximate surface area is 206 Å². The highest BCUT2D eigenvalue weighted by Crippen LogP contribution is 2.46. The Bertz CT molecular complexity index is 1380. The summed E-state index contributed by atoms with van der Waals surface area (Å²) < 4.78 is 43.6. The fraction of sp³-hybridized carbons (Fsp3) is 0.167. The zero-order chi connectivity index (χ0) is 24.0. The molecule has 34 heavy (non-hydrogen) atoms. The summed E-state index contributed by atoms with van der Waals surface area (Å²) in [6, 6.07) is 17.2. The third-order valence-corrected chi connectivity index (χ3v) is 6.71. The molecule has 0 saturated heterocycles. The molecule has 0 bridgehead atoms. The Morgan fingerprint density at radius 1 is 1.09 bits per heavy atom. The van der Waals surface area contributed by atoms with Gasteiger partial charge in [-0.25, -0.2) is 4.68 Å². The molecule has 3 aromatic carbocycles. The molecule has 1 aliphatic rings. The van der Waals surface area contributed by atoms with Gasteiger partial charge in [0.05, 0.1) is 6.04 Å². The molecule has 0 saturated carbocycles. The van der Waals surface area contributed by atoms with Gasteiger partial charge in [-0.15, -0.1) is 0 Å². The number of aromatic nitrogens is 2. The van der Waals surface area contributed by atoms with Crippen molar-refractivity contribution in [1.82, 2.24) is 9.78 Å². The third kappa shape index (κ3) is 4.14. The maximum absolute atomic E-state index is 14.0. The van der Waals surface area contributed by atoms with Crippen LogP contribution < -0.4 is 10.6 Å². The Morgan fingerprint density at radius 3 is 2.53 bits per heavy atom. The van der Waals surface area contributed by atoms with Gasteiger partial charge in [-0.2, -0.15) is 18.3 Å². The Morgan fingerprint density at radius 2 is 1.79 bits per heavy atom. The number of fused-ring (bicyclic) bond motifs is 2. The molecule has 5 nitrogen and oxygen atoms in total. The molecule has 0 fully saturated rings. The van der Waals surface area contributed by atoms with E-state index in [2.05, 4.69) is 31.7 Å². The van der Waals surface area contributed by atoms with Crippen molar-refractivity contribution in [2.75, 3.05) is 10.6 Å². The molecule has 0 unspecified atom stereocenters. The van der Waals surface area contributed by atoms with Gasteiger partial charge in [-0.3, -0.25) is 4.79 Å². The summed E-state index contributed by atoms with van der Waals surface area (Å²) >= 11 is 9.77. The molecule has 0 radical (unpaired) electrons. The number of carbonyl (C=O) groups excluding carboxylic acids is 1. The number of nitrogens with one attached hydrogen (secondary N) is 2. The highest BCUT2D eigenvalue weighted by Gasteiger charge is 2.47. The van der Waals surface area contributed by atoms with E-state index in [0.29, 0.717) is 11.3 Å². The fourth-order valence-corrected chi connectivity index (χ4v) is 4.69. The molecular weight excluding hydrogens is 533 g/mol. The van der Waals surface area contributed by atoms with Crippen LogP contribution in [0.3, 0.4) is 0 Å². The number of hydrogen-bond acceptors (Lipinski definition) is 3. The lowest BCUT2D eigenvalue weighted by Crippen LogP contribution is -2.35. The van der Waals surface area contributed by atoms with E-state index < -0.39 is 24.2 Å². The summed E-state index contributed by atoms with van der Waals surface area (Å²) in [6.45, 7) is 0. The smallest absolute Gasteiger partial charge is 0.362 e. The molecule has 1 aliphatic heterocycles. The second-order valence-electron chi connectivity index (χ2n) is 7.98. The van der Waals surface area contributed by atoms with Gasteiger partial charge in [0.2, 0.25) is 0 Å². The van der Waals surface area contributed by atoms with Crippen molar-refractivity contribution in [2.24, 2.45) is 0 Å². The van der Waals surface area contributed by atoms with Gasteiger partial charge in [0.1, 0.15) is 10.8 Å². The molecule has 2 N–H and O–H groups in total. The van der Waals surface area contributed by atoms with Crippen LogP contribution in [0.15, 0.2) is 71.2 Å². The highest BCUT2D eigenvalue weighted by atomic mass is 79.9. The van der Waals surface area contributed by atoms with E-state index in [1.165, 1.54) is 0 Å². The van der Waals surface area contributed by atoms with E-state index in [9.17, 15) is 18.0 Å². The lowest BCUT2D eigenvalue weighted by molar-refractivity contribution is -0.173. The zero-order valence-electron chi connectivity index (χ0n) is 17.4. The molecule has 5 rings (SSSR count). The number of hydrogen-bond donors (Lipinski definition) is 2. The Balaban J connectivity index is 1.51. The SMILES string of the molecule is O=C(Nc1cccc2ccccc12)c1nn2c(c1Cl)N[C@@H](c1ccc(Br)cc1)C[C@@H]2C(F)(F)F. The normalized spacial score (nSPS) is 17.8. The van der Waals surface area contributed by atoms with Crippen LogP contribution in [-0.2, 0) is 0 Å². The minimum atomic E-state index is -4.58. The van der Waals surface area contributed by atoms with Gasteiger partial charge in [0.15, 0.2) is 11.7 Å². The average Bonchev–Trinajstić information content (AvgIpc) is 3.15. The van der Waals surface area contributed by atoms with Crippen molar-refractivity contribution in [3.8, 4) is 0 Å². The number of amides is 1. The van der Waals surface area contributed by atoms with Crippen molar-refractivity contribution in [3.05, 3.63) is 87.5 Å². The quantitative estimate of drug-likeness (QED) is 0.281. The molecule has 1 aromatic heterocycles. The topological polar surface area (TPSA) is 59.0 Å². The number of anilines is 2. The van der Waals surface area contributed by atoms with Crippen molar-refractivity contribution in [2.45, 2.75) is 24.7 Å². The van der Waals surface area contributed by atoms with Crippen LogP contribution in [-0.4, -0.2) is 21.9 Å². The lowest BCUT2D eigenvalue weighted by Gasteiger charge is -2.33. The predicted molar refractivity (Wildman–Crippen MR) is 129 cm³/mol. The van der Waals surface area contributed by atoms with Crippen LogP contribution in [0, 0.1) is 0 Å². The average molecular weight is 550 g/mol. The number of carbonyl (C=O) groups is 1. The molecule has 10 heteroatoms. The van der Waals surface area contributed by atoms with E-state index in [1.807, 2.05) is 30.3 Å². The van der Waals surface area contributed by atoms with Gasteiger partial charge in [0, 0.05) is 22.0 Å². The van der Waals surface area contributed by atoms with Crippen molar-refractivity contribution >= 4 is 55.7 Å². The predicted octanol–water partition coefficient (Wildman–Crippen LogP) is 7.36. The number of benzene rings is 3. The summed E-state index contributed by atoms with van der Waals surface area (Å²) in [4.78, 5) is 13.1. The monoisotopic (exact) mass is 548 g/mol. The first-order valence-electron chi connectivity index (χ1n) is 10.4. The lowest BCUT2D eigenvalue weighted by atomic mass is 9.97. The van der Waals surface area contributed by atoms with Gasteiger partial charge in [0.25, 0.3) is 5.91 Å². The highest BCUT2D eigenvalue weighted by molar-refractivity contribution is 9.10. The van der Waals surface area contributed by atoms with Crippen LogP contribution in [0.1, 0.15) is 34.6 Å². The fourth-order valence-electron chi connectivity index (χ4n) is 4.16. The minimum absolute atomic E-state index is 0.0359. The molecule has 0 aliphatic carbocycles. The Kier molecular flexibility index (Phi) is 5.77. The molecule has 1 amide bonds. The van der Waals surface area contributed by atoms with Crippen molar-refractivity contribution in [3.63, 3.8) is 0 Å². The van der Waals surface area contributed by atoms with Gasteiger partial charge in [-0.05, 0) is 29.1 Å². The molecule has 2 atom stereocenters. The number of halogens is 5. The first-order chi connectivity index (χ1) is 16.2. The molecule has 174 valence electrons. The second kappa shape index (κ2) is 8.63. The maximum Gasteiger partial charge on any atom is 0.410 e. The van der Waals surface area contributed by atoms with E-state index >= 15 is 0 Å². The van der Waals surface area contributed by atoms with E-state index in [4.69, 9.17) is 11.6 Å². The first-order valence-corrected chi connectivity index (χ1v) is 11.6. The summed E-state index contributed by atoms with van der Waals surface area (Å²) in [5.41, 5.74) is 0.906. The van der Waals surface area contributed by atoms with Crippen LogP contribution in [0.2, 0.25) is 5.02 Å². The zero-order valence-corrected chi connectivity index (χ0v) is 19.7. The van der Waals surface area contributed by atoms with Crippen molar-refractivity contribution in [1.29, 1.82) is 0 Å². The summed E-state index contributed by atoms with van der Waals surface area (Å²) in [5.74, 6) is -0.725. The standard InChI is InChI=1S/C24H17BrClF3N4O/c25-15-10-8-14(9-11-15)18-12-19(24(27,28)29)33-22(30-18)20(26)21(32-33)23(34)31-17-7-3-5-13-4-1-2-6-16(13)17/h1-11,18-19,30H,12H2,(H,31,34)/t18-,19-/m1/s1. The summed E-state index contributed by atoms with van der Waals surface area (Å²) in [7, 11) is 0. The molecule has 2 heterocycles. The summed E-state index contributed by atoms with van der Waals surface area (Å²) in [5, 5.41) is 11.3. The number of nitrogens with zero attached hydrogens (tertiary/aromatic N) is 2.